The second kappa shape index (κ2) is 4.43. The Bertz CT molecular complexity index is 178. The Hall–Kier alpha value is -0.810. The van der Waals surface area contributed by atoms with Gasteiger partial charge in [-0.3, -0.25) is 4.84 Å². The molecule has 0 aromatic carbocycles. The number of hydrogen-bond acceptors (Lipinski definition) is 3. The molecule has 0 saturated carbocycles. The molecule has 1 fully saturated rings. The Kier molecular flexibility index (Phi) is 3.50. The van der Waals surface area contributed by atoms with Gasteiger partial charge in [-0.25, -0.2) is 10.3 Å². The molecule has 0 radical (unpaired) electrons. The normalized spacial score (nSPS) is 27.2. The Morgan fingerprint density at radius 2 is 2.46 bits per heavy atom. The predicted octanol–water partition coefficient (Wildman–Crippen LogP) is 0.416. The van der Waals surface area contributed by atoms with Crippen LogP contribution in [0.3, 0.4) is 0 Å². The number of urea groups is 1. The van der Waals surface area contributed by atoms with Gasteiger partial charge in [0.25, 0.3) is 0 Å². The number of ether oxygens (including phenoxy) is 1. The van der Waals surface area contributed by atoms with E-state index >= 15 is 0 Å². The number of carbonyl (C=O) groups is 1. The lowest BCUT2D eigenvalue weighted by Gasteiger charge is -2.23. The molecule has 0 aromatic heterocycles. The van der Waals surface area contributed by atoms with Gasteiger partial charge in [0.2, 0.25) is 0 Å². The smallest absolute Gasteiger partial charge is 0.339 e. The molecule has 0 spiro atoms. The van der Waals surface area contributed by atoms with Crippen molar-refractivity contribution in [1.82, 2.24) is 10.8 Å². The average molecular weight is 188 g/mol. The Morgan fingerprint density at radius 3 is 3.00 bits per heavy atom. The molecule has 1 rings (SSSR count). The maximum atomic E-state index is 11.2. The molecule has 0 bridgehead atoms. The fourth-order valence-electron chi connectivity index (χ4n) is 1.20. The van der Waals surface area contributed by atoms with Crippen LogP contribution in [0.2, 0.25) is 0 Å². The maximum Gasteiger partial charge on any atom is 0.339 e. The summed E-state index contributed by atoms with van der Waals surface area (Å²) in [5, 5.41) is 2.79. The zero-order chi connectivity index (χ0) is 9.73. The van der Waals surface area contributed by atoms with Gasteiger partial charge < -0.3 is 10.1 Å². The lowest BCUT2D eigenvalue weighted by Crippen LogP contribution is -2.50. The van der Waals surface area contributed by atoms with Gasteiger partial charge in [0.05, 0.1) is 18.8 Å². The van der Waals surface area contributed by atoms with Crippen LogP contribution in [-0.2, 0) is 9.57 Å². The van der Waals surface area contributed by atoms with Crippen molar-refractivity contribution in [1.29, 1.82) is 0 Å². The number of rotatable bonds is 3. The van der Waals surface area contributed by atoms with E-state index in [9.17, 15) is 4.79 Å². The molecule has 2 amide bonds. The summed E-state index contributed by atoms with van der Waals surface area (Å²) in [5.41, 5.74) is 2.03. The number of nitrogens with one attached hydrogen (secondary N) is 2. The molecule has 2 N–H and O–H groups in total. The van der Waals surface area contributed by atoms with Crippen LogP contribution in [0.4, 0.5) is 4.79 Å². The third kappa shape index (κ3) is 3.20. The van der Waals surface area contributed by atoms with Crippen LogP contribution in [0.1, 0.15) is 20.3 Å². The van der Waals surface area contributed by atoms with Gasteiger partial charge in [0, 0.05) is 6.61 Å². The van der Waals surface area contributed by atoms with Crippen molar-refractivity contribution in [2.24, 2.45) is 0 Å². The second-order valence-corrected chi connectivity index (χ2v) is 3.35. The van der Waals surface area contributed by atoms with Gasteiger partial charge in [-0.05, 0) is 20.3 Å². The van der Waals surface area contributed by atoms with Crippen molar-refractivity contribution >= 4 is 6.03 Å². The summed E-state index contributed by atoms with van der Waals surface area (Å²) >= 11 is 0. The molecular weight excluding hydrogens is 172 g/mol. The molecule has 0 aromatic rings. The molecule has 1 heterocycles. The molecule has 1 atom stereocenters. The van der Waals surface area contributed by atoms with Gasteiger partial charge in [-0.2, -0.15) is 0 Å². The van der Waals surface area contributed by atoms with Crippen molar-refractivity contribution < 1.29 is 14.4 Å². The number of hydroxylamine groups is 1. The van der Waals surface area contributed by atoms with Crippen molar-refractivity contribution in [3.8, 4) is 0 Å². The lowest BCUT2D eigenvalue weighted by atomic mass is 10.0. The Labute approximate surface area is 77.7 Å². The molecule has 0 aliphatic carbocycles. The Morgan fingerprint density at radius 1 is 1.69 bits per heavy atom. The largest absolute Gasteiger partial charge is 0.379 e. The highest BCUT2D eigenvalue weighted by Crippen LogP contribution is 2.16. The van der Waals surface area contributed by atoms with Gasteiger partial charge >= 0.3 is 6.03 Å². The summed E-state index contributed by atoms with van der Waals surface area (Å²) in [6.45, 7) is 5.48. The zero-order valence-electron chi connectivity index (χ0n) is 8.05. The predicted molar refractivity (Wildman–Crippen MR) is 47.1 cm³/mol. The highest BCUT2D eigenvalue weighted by atomic mass is 16.7. The number of carbonyl (C=O) groups excluding carboxylic acids is 1. The van der Waals surface area contributed by atoms with E-state index in [-0.39, 0.29) is 11.6 Å². The van der Waals surface area contributed by atoms with Crippen LogP contribution < -0.4 is 10.8 Å². The molecule has 1 aliphatic heterocycles. The van der Waals surface area contributed by atoms with E-state index < -0.39 is 0 Å². The first-order valence-electron chi connectivity index (χ1n) is 4.44. The van der Waals surface area contributed by atoms with Crippen LogP contribution in [0, 0.1) is 0 Å². The standard InChI is InChI=1S/C8H16N2O3/c1-3-13-10-7(11)9-8(2)4-5-12-6-8/h3-6H2,1-2H3,(H2,9,10,11). The highest BCUT2D eigenvalue weighted by Gasteiger charge is 2.31. The van der Waals surface area contributed by atoms with E-state index in [1.165, 1.54) is 0 Å². The van der Waals surface area contributed by atoms with Crippen LogP contribution in [0.15, 0.2) is 0 Å². The monoisotopic (exact) mass is 188 g/mol. The van der Waals surface area contributed by atoms with Crippen molar-refractivity contribution in [3.05, 3.63) is 0 Å². The van der Waals surface area contributed by atoms with Gasteiger partial charge in [-0.1, -0.05) is 0 Å². The topological polar surface area (TPSA) is 59.6 Å². The molecule has 5 heteroatoms. The van der Waals surface area contributed by atoms with Crippen molar-refractivity contribution in [3.63, 3.8) is 0 Å². The summed E-state index contributed by atoms with van der Waals surface area (Å²) < 4.78 is 5.18. The third-order valence-electron chi connectivity index (χ3n) is 1.94. The van der Waals surface area contributed by atoms with Crippen LogP contribution >= 0.6 is 0 Å². The fraction of sp³-hybridized carbons (Fsp3) is 0.875. The van der Waals surface area contributed by atoms with E-state index in [0.29, 0.717) is 19.8 Å². The van der Waals surface area contributed by atoms with Crippen LogP contribution in [-0.4, -0.2) is 31.4 Å². The van der Waals surface area contributed by atoms with E-state index in [1.54, 1.807) is 6.92 Å². The number of amides is 2. The minimum absolute atomic E-state index is 0.249. The number of hydrogen-bond donors (Lipinski definition) is 2. The first-order chi connectivity index (χ1) is 6.16. The summed E-state index contributed by atoms with van der Waals surface area (Å²) in [6.07, 6.45) is 0.840. The van der Waals surface area contributed by atoms with E-state index in [1.807, 2.05) is 6.92 Å². The maximum absolute atomic E-state index is 11.2. The highest BCUT2D eigenvalue weighted by molar-refractivity contribution is 5.73. The average Bonchev–Trinajstić information content (AvgIpc) is 2.48. The lowest BCUT2D eigenvalue weighted by molar-refractivity contribution is 0.0665. The van der Waals surface area contributed by atoms with E-state index in [4.69, 9.17) is 9.57 Å². The molecule has 1 unspecified atom stereocenters. The first-order valence-corrected chi connectivity index (χ1v) is 4.44. The van der Waals surface area contributed by atoms with Gasteiger partial charge in [-0.15, -0.1) is 0 Å². The van der Waals surface area contributed by atoms with Crippen molar-refractivity contribution in [2.45, 2.75) is 25.8 Å². The zero-order valence-corrected chi connectivity index (χ0v) is 8.05. The molecule has 76 valence electrons. The quantitative estimate of drug-likeness (QED) is 0.631. The SMILES string of the molecule is CCONC(=O)NC1(C)CCOC1. The van der Waals surface area contributed by atoms with Gasteiger partial charge in [0.1, 0.15) is 0 Å². The summed E-state index contributed by atoms with van der Waals surface area (Å²) in [4.78, 5) is 15.9. The Balaban J connectivity index is 2.26. The van der Waals surface area contributed by atoms with E-state index in [2.05, 4.69) is 10.8 Å². The van der Waals surface area contributed by atoms with E-state index in [0.717, 1.165) is 6.42 Å². The summed E-state index contributed by atoms with van der Waals surface area (Å²) in [5.74, 6) is 0. The van der Waals surface area contributed by atoms with Gasteiger partial charge in [0.15, 0.2) is 0 Å². The molecular formula is C8H16N2O3. The van der Waals surface area contributed by atoms with Crippen LogP contribution in [0.5, 0.6) is 0 Å². The molecule has 13 heavy (non-hydrogen) atoms. The second-order valence-electron chi connectivity index (χ2n) is 3.35. The molecule has 5 nitrogen and oxygen atoms in total. The third-order valence-corrected chi connectivity index (χ3v) is 1.94. The summed E-state index contributed by atoms with van der Waals surface area (Å²) in [6, 6.07) is -0.310. The minimum atomic E-state index is -0.310. The van der Waals surface area contributed by atoms with Crippen molar-refractivity contribution in [2.75, 3.05) is 19.8 Å². The first kappa shape index (κ1) is 10.3. The minimum Gasteiger partial charge on any atom is -0.379 e. The van der Waals surface area contributed by atoms with Crippen LogP contribution in [0.25, 0.3) is 0 Å². The fourth-order valence-corrected chi connectivity index (χ4v) is 1.20. The summed E-state index contributed by atoms with van der Waals surface area (Å²) in [7, 11) is 0. The molecule has 1 saturated heterocycles. The molecule has 1 aliphatic rings.